The first-order valence-corrected chi connectivity index (χ1v) is 6.83. The highest BCUT2D eigenvalue weighted by Crippen LogP contribution is 2.40. The number of hydrogen-bond acceptors (Lipinski definition) is 2. The molecule has 0 aromatic heterocycles. The van der Waals surface area contributed by atoms with Crippen LogP contribution in [0.15, 0.2) is 46.0 Å². The molecule has 1 fully saturated rings. The zero-order chi connectivity index (χ0) is 12.5. The van der Waals surface area contributed by atoms with Crippen LogP contribution in [0.4, 0.5) is 0 Å². The van der Waals surface area contributed by atoms with Crippen LogP contribution in [0.2, 0.25) is 0 Å². The van der Waals surface area contributed by atoms with Gasteiger partial charge in [-0.1, -0.05) is 24.3 Å². The summed E-state index contributed by atoms with van der Waals surface area (Å²) < 4.78 is 0.789. The van der Waals surface area contributed by atoms with Crippen LogP contribution in [0.3, 0.4) is 0 Å². The molecule has 1 N–H and O–H groups in total. The molecule has 1 aromatic carbocycles. The van der Waals surface area contributed by atoms with E-state index in [2.05, 4.69) is 38.6 Å². The maximum atomic E-state index is 11.9. The highest BCUT2D eigenvalue weighted by atomic mass is 79.9. The average Bonchev–Trinajstić information content (AvgIpc) is 2.71. The number of hydrazone groups is 1. The van der Waals surface area contributed by atoms with Crippen LogP contribution in [0.1, 0.15) is 23.2 Å². The number of benzene rings is 1. The van der Waals surface area contributed by atoms with Gasteiger partial charge in [0.1, 0.15) is 0 Å². The molecule has 18 heavy (non-hydrogen) atoms. The van der Waals surface area contributed by atoms with Crippen LogP contribution >= 0.6 is 15.9 Å². The molecule has 3 rings (SSSR count). The van der Waals surface area contributed by atoms with Gasteiger partial charge in [0.05, 0.1) is 5.56 Å². The van der Waals surface area contributed by atoms with Crippen LogP contribution in [-0.4, -0.2) is 11.6 Å². The number of halogens is 1. The van der Waals surface area contributed by atoms with E-state index in [1.165, 1.54) is 0 Å². The molecule has 0 saturated heterocycles. The molecule has 0 radical (unpaired) electrons. The smallest absolute Gasteiger partial charge is 0.267 e. The number of allylic oxidation sites excluding steroid dienone is 2. The molecule has 0 aliphatic heterocycles. The van der Waals surface area contributed by atoms with Crippen LogP contribution in [0, 0.1) is 11.8 Å². The summed E-state index contributed by atoms with van der Waals surface area (Å²) >= 11 is 3.36. The summed E-state index contributed by atoms with van der Waals surface area (Å²) in [7, 11) is 0. The van der Waals surface area contributed by atoms with E-state index in [0.29, 0.717) is 17.4 Å². The Kier molecular flexibility index (Phi) is 3.04. The van der Waals surface area contributed by atoms with E-state index in [0.717, 1.165) is 23.0 Å². The third-order valence-electron chi connectivity index (χ3n) is 3.58. The second kappa shape index (κ2) is 4.69. The quantitative estimate of drug-likeness (QED) is 0.662. The maximum absolute atomic E-state index is 11.9. The Morgan fingerprint density at radius 3 is 3.00 bits per heavy atom. The third kappa shape index (κ3) is 2.01. The minimum absolute atomic E-state index is 0.163. The summed E-state index contributed by atoms with van der Waals surface area (Å²) in [5, 5.41) is 4.25. The molecule has 0 heterocycles. The highest BCUT2D eigenvalue weighted by molar-refractivity contribution is 9.10. The minimum atomic E-state index is -0.163. The van der Waals surface area contributed by atoms with Crippen LogP contribution in [-0.2, 0) is 0 Å². The Balaban J connectivity index is 1.66. The molecule has 3 nitrogen and oxygen atoms in total. The monoisotopic (exact) mass is 304 g/mol. The molecular formula is C14H13BrN2O. The van der Waals surface area contributed by atoms with Gasteiger partial charge < -0.3 is 0 Å². The van der Waals surface area contributed by atoms with Gasteiger partial charge in [-0.2, -0.15) is 5.10 Å². The van der Waals surface area contributed by atoms with Crippen molar-refractivity contribution in [3.8, 4) is 0 Å². The molecule has 1 amide bonds. The summed E-state index contributed by atoms with van der Waals surface area (Å²) in [6.07, 6.45) is 6.50. The van der Waals surface area contributed by atoms with Gasteiger partial charge in [-0.15, -0.1) is 0 Å². The van der Waals surface area contributed by atoms with Gasteiger partial charge in [-0.05, 0) is 46.8 Å². The number of carbonyl (C=O) groups excluding carboxylic acids is 1. The summed E-state index contributed by atoms with van der Waals surface area (Å²) in [6, 6.07) is 7.35. The molecular weight excluding hydrogens is 292 g/mol. The average molecular weight is 305 g/mol. The number of hydrogen-bond donors (Lipinski definition) is 1. The Hall–Kier alpha value is -1.42. The number of rotatable bonds is 2. The summed E-state index contributed by atoms with van der Waals surface area (Å²) in [5.41, 5.74) is 4.37. The fourth-order valence-electron chi connectivity index (χ4n) is 2.49. The van der Waals surface area contributed by atoms with E-state index in [-0.39, 0.29) is 5.91 Å². The van der Waals surface area contributed by atoms with Crippen molar-refractivity contribution in [2.75, 3.05) is 0 Å². The number of nitrogens with zero attached hydrogens (tertiary/aromatic N) is 1. The number of amides is 1. The van der Waals surface area contributed by atoms with Crippen molar-refractivity contribution in [3.63, 3.8) is 0 Å². The number of carbonyl (C=O) groups is 1. The van der Waals surface area contributed by atoms with Crippen molar-refractivity contribution in [3.05, 3.63) is 46.5 Å². The van der Waals surface area contributed by atoms with Crippen molar-refractivity contribution < 1.29 is 4.79 Å². The first-order valence-electron chi connectivity index (χ1n) is 6.03. The lowest BCUT2D eigenvalue weighted by Crippen LogP contribution is -2.35. The van der Waals surface area contributed by atoms with E-state index < -0.39 is 0 Å². The van der Waals surface area contributed by atoms with E-state index in [1.54, 1.807) is 6.07 Å². The van der Waals surface area contributed by atoms with Gasteiger partial charge in [0, 0.05) is 16.1 Å². The second-order valence-corrected chi connectivity index (χ2v) is 5.52. The Morgan fingerprint density at radius 1 is 1.39 bits per heavy atom. The third-order valence-corrected chi connectivity index (χ3v) is 4.27. The molecule has 2 aliphatic carbocycles. The number of fused-ring (bicyclic) bond motifs is 1. The number of nitrogens with one attached hydrogen (secondary N) is 1. The molecule has 0 bridgehead atoms. The zero-order valence-corrected chi connectivity index (χ0v) is 11.4. The molecule has 4 heteroatoms. The van der Waals surface area contributed by atoms with E-state index >= 15 is 0 Å². The van der Waals surface area contributed by atoms with Crippen molar-refractivity contribution >= 4 is 27.5 Å². The summed E-state index contributed by atoms with van der Waals surface area (Å²) in [6.45, 7) is 0. The van der Waals surface area contributed by atoms with E-state index in [4.69, 9.17) is 0 Å². The minimum Gasteiger partial charge on any atom is -0.267 e. The topological polar surface area (TPSA) is 41.5 Å². The van der Waals surface area contributed by atoms with Gasteiger partial charge in [-0.3, -0.25) is 4.79 Å². The normalized spacial score (nSPS) is 26.8. The highest BCUT2D eigenvalue weighted by Gasteiger charge is 2.38. The predicted octanol–water partition coefficient (Wildman–Crippen LogP) is 3.13. The van der Waals surface area contributed by atoms with Crippen molar-refractivity contribution in [1.82, 2.24) is 5.43 Å². The summed E-state index contributed by atoms with van der Waals surface area (Å²) in [4.78, 5) is 11.9. The predicted molar refractivity (Wildman–Crippen MR) is 74.4 cm³/mol. The van der Waals surface area contributed by atoms with Gasteiger partial charge in [-0.25, -0.2) is 5.43 Å². The van der Waals surface area contributed by atoms with Crippen molar-refractivity contribution in [2.45, 2.75) is 12.8 Å². The fourth-order valence-corrected chi connectivity index (χ4v) is 2.96. The maximum Gasteiger partial charge on any atom is 0.272 e. The molecule has 1 saturated carbocycles. The molecule has 2 atom stereocenters. The SMILES string of the molecule is O=C(N/N=C1\CC2C=CCC12)c1ccccc1Br. The van der Waals surface area contributed by atoms with Gasteiger partial charge in [0.25, 0.3) is 5.91 Å². The molecule has 1 aromatic rings. The molecule has 2 unspecified atom stereocenters. The van der Waals surface area contributed by atoms with Gasteiger partial charge in [0.15, 0.2) is 0 Å². The molecule has 0 spiro atoms. The lowest BCUT2D eigenvalue weighted by molar-refractivity contribution is 0.0953. The van der Waals surface area contributed by atoms with E-state index in [9.17, 15) is 4.79 Å². The molecule has 2 aliphatic rings. The Bertz CT molecular complexity index is 550. The fraction of sp³-hybridized carbons (Fsp3) is 0.286. The Morgan fingerprint density at radius 2 is 2.22 bits per heavy atom. The van der Waals surface area contributed by atoms with E-state index in [1.807, 2.05) is 18.2 Å². The molecule has 92 valence electrons. The lowest BCUT2D eigenvalue weighted by atomic mass is 9.74. The Labute approximate surface area is 114 Å². The van der Waals surface area contributed by atoms with Crippen molar-refractivity contribution in [1.29, 1.82) is 0 Å². The van der Waals surface area contributed by atoms with Crippen LogP contribution in [0.25, 0.3) is 0 Å². The largest absolute Gasteiger partial charge is 0.272 e. The van der Waals surface area contributed by atoms with Crippen LogP contribution in [0.5, 0.6) is 0 Å². The lowest BCUT2D eigenvalue weighted by Gasteiger charge is -2.31. The summed E-state index contributed by atoms with van der Waals surface area (Å²) in [5.74, 6) is 1.03. The second-order valence-electron chi connectivity index (χ2n) is 4.66. The first kappa shape index (κ1) is 11.7. The van der Waals surface area contributed by atoms with Crippen LogP contribution < -0.4 is 5.43 Å². The zero-order valence-electron chi connectivity index (χ0n) is 9.77. The van der Waals surface area contributed by atoms with Gasteiger partial charge in [0.2, 0.25) is 0 Å². The van der Waals surface area contributed by atoms with Gasteiger partial charge >= 0.3 is 0 Å². The standard InChI is InChI=1S/C14H13BrN2O/c15-12-7-2-1-5-11(12)14(18)17-16-13-8-9-4-3-6-10(9)13/h1-5,7,9-10H,6,8H2,(H,17,18)/b16-13+. The first-order chi connectivity index (χ1) is 8.75. The van der Waals surface area contributed by atoms with Crippen molar-refractivity contribution in [2.24, 2.45) is 16.9 Å².